The van der Waals surface area contributed by atoms with E-state index in [1.54, 1.807) is 0 Å². The van der Waals surface area contributed by atoms with Crippen molar-refractivity contribution in [3.63, 3.8) is 0 Å². The van der Waals surface area contributed by atoms with Gasteiger partial charge in [-0.15, -0.1) is 30.6 Å². The summed E-state index contributed by atoms with van der Waals surface area (Å²) in [5.74, 6) is 0.855. The number of piperidine rings is 1. The molecule has 2 rings (SSSR count). The lowest BCUT2D eigenvalue weighted by atomic mass is 9.85. The molecule has 0 bridgehead atoms. The molecule has 1 aliphatic carbocycles. The number of hydrogen-bond donors (Lipinski definition) is 3. The van der Waals surface area contributed by atoms with Gasteiger partial charge in [0.15, 0.2) is 5.96 Å². The third kappa shape index (κ3) is 7.27. The van der Waals surface area contributed by atoms with E-state index in [1.807, 2.05) is 6.08 Å². The zero-order valence-electron chi connectivity index (χ0n) is 15.1. The fraction of sp³-hybridized carbons (Fsp3) is 0.833. The van der Waals surface area contributed by atoms with E-state index >= 15 is 0 Å². The number of aliphatic imine (C=N–C) groups is 1. The van der Waals surface area contributed by atoms with E-state index in [9.17, 15) is 5.11 Å². The van der Waals surface area contributed by atoms with Gasteiger partial charge >= 0.3 is 0 Å². The molecule has 0 aromatic rings. The van der Waals surface area contributed by atoms with Gasteiger partial charge in [-0.1, -0.05) is 25.3 Å². The van der Waals surface area contributed by atoms with Crippen LogP contribution in [-0.4, -0.2) is 60.3 Å². The number of guanidine groups is 1. The van der Waals surface area contributed by atoms with Gasteiger partial charge < -0.3 is 15.7 Å². The van der Waals surface area contributed by atoms with Crippen LogP contribution in [0.25, 0.3) is 0 Å². The maximum absolute atomic E-state index is 10.6. The zero-order valence-corrected chi connectivity index (χ0v) is 17.4. The molecule has 1 saturated heterocycles. The summed E-state index contributed by atoms with van der Waals surface area (Å²) in [6.45, 7) is 10.4. The first kappa shape index (κ1) is 21.7. The van der Waals surface area contributed by atoms with E-state index in [-0.39, 0.29) is 24.0 Å². The van der Waals surface area contributed by atoms with Crippen molar-refractivity contribution in [2.45, 2.75) is 63.5 Å². The van der Waals surface area contributed by atoms with Crippen LogP contribution in [0.15, 0.2) is 17.6 Å². The molecule has 140 valence electrons. The normalized spacial score (nSPS) is 22.5. The van der Waals surface area contributed by atoms with Crippen LogP contribution in [0.4, 0.5) is 0 Å². The van der Waals surface area contributed by atoms with Gasteiger partial charge in [-0.05, 0) is 32.6 Å². The molecule has 5 nitrogen and oxygen atoms in total. The Kier molecular flexibility index (Phi) is 10.2. The van der Waals surface area contributed by atoms with Gasteiger partial charge in [-0.25, -0.2) is 0 Å². The van der Waals surface area contributed by atoms with E-state index < -0.39 is 5.60 Å². The lowest BCUT2D eigenvalue weighted by molar-refractivity contribution is 0.0131. The Morgan fingerprint density at radius 2 is 1.96 bits per heavy atom. The van der Waals surface area contributed by atoms with E-state index in [2.05, 4.69) is 34.0 Å². The van der Waals surface area contributed by atoms with Crippen LogP contribution in [0, 0.1) is 0 Å². The average molecular weight is 450 g/mol. The van der Waals surface area contributed by atoms with Crippen molar-refractivity contribution in [2.24, 2.45) is 4.99 Å². The average Bonchev–Trinajstić information content (AvgIpc) is 2.56. The number of nitrogens with zero attached hydrogens (tertiary/aromatic N) is 2. The summed E-state index contributed by atoms with van der Waals surface area (Å²) in [6, 6.07) is 0.467. The summed E-state index contributed by atoms with van der Waals surface area (Å²) < 4.78 is 0. The molecule has 0 amide bonds. The molecule has 0 aromatic heterocycles. The Morgan fingerprint density at radius 1 is 1.29 bits per heavy atom. The molecule has 6 heteroatoms. The Balaban J connectivity index is 0.00000288. The van der Waals surface area contributed by atoms with Gasteiger partial charge in [0, 0.05) is 32.2 Å². The minimum absolute atomic E-state index is 0. The molecule has 0 radical (unpaired) electrons. The van der Waals surface area contributed by atoms with Gasteiger partial charge in [0.2, 0.25) is 0 Å². The molecule has 1 heterocycles. The summed E-state index contributed by atoms with van der Waals surface area (Å²) in [4.78, 5) is 7.10. The van der Waals surface area contributed by atoms with Crippen molar-refractivity contribution in [3.8, 4) is 0 Å². The van der Waals surface area contributed by atoms with Crippen LogP contribution in [0.1, 0.15) is 51.9 Å². The Bertz CT molecular complexity index is 388. The van der Waals surface area contributed by atoms with E-state index in [1.165, 1.54) is 6.42 Å². The first-order chi connectivity index (χ1) is 11.1. The molecule has 1 aliphatic heterocycles. The van der Waals surface area contributed by atoms with Crippen LogP contribution >= 0.6 is 24.0 Å². The molecular weight excluding hydrogens is 415 g/mol. The van der Waals surface area contributed by atoms with Gasteiger partial charge in [-0.2, -0.15) is 0 Å². The minimum atomic E-state index is -0.589. The van der Waals surface area contributed by atoms with Crippen LogP contribution in [-0.2, 0) is 0 Å². The van der Waals surface area contributed by atoms with Crippen LogP contribution in [0.5, 0.6) is 0 Å². The van der Waals surface area contributed by atoms with Gasteiger partial charge in [-0.3, -0.25) is 9.89 Å². The number of likely N-dealkylation sites (tertiary alicyclic amines) is 1. The lowest BCUT2D eigenvalue weighted by Crippen LogP contribution is -2.49. The molecule has 2 fully saturated rings. The first-order valence-corrected chi connectivity index (χ1v) is 9.26. The summed E-state index contributed by atoms with van der Waals surface area (Å²) in [5, 5.41) is 17.5. The molecule has 3 N–H and O–H groups in total. The highest BCUT2D eigenvalue weighted by Crippen LogP contribution is 2.28. The summed E-state index contributed by atoms with van der Waals surface area (Å²) in [6.07, 6.45) is 9.49. The van der Waals surface area contributed by atoms with Gasteiger partial charge in [0.05, 0.1) is 12.1 Å². The zero-order chi connectivity index (χ0) is 16.5. The number of rotatable bonds is 6. The van der Waals surface area contributed by atoms with Crippen molar-refractivity contribution in [3.05, 3.63) is 12.7 Å². The SMILES string of the molecule is C=CCN1CCC(NC(=NCC2(O)CCCCC2)NCC)CC1.I. The van der Waals surface area contributed by atoms with Crippen LogP contribution in [0.2, 0.25) is 0 Å². The highest BCUT2D eigenvalue weighted by Gasteiger charge is 2.29. The molecular formula is C18H35IN4O. The van der Waals surface area contributed by atoms with E-state index in [0.29, 0.717) is 12.6 Å². The third-order valence-corrected chi connectivity index (χ3v) is 4.98. The van der Waals surface area contributed by atoms with Crippen molar-refractivity contribution < 1.29 is 5.11 Å². The fourth-order valence-electron chi connectivity index (χ4n) is 3.55. The second kappa shape index (κ2) is 11.3. The van der Waals surface area contributed by atoms with Crippen LogP contribution < -0.4 is 10.6 Å². The number of halogens is 1. The predicted molar refractivity (Wildman–Crippen MR) is 112 cm³/mol. The molecule has 2 aliphatic rings. The number of nitrogens with one attached hydrogen (secondary N) is 2. The highest BCUT2D eigenvalue weighted by molar-refractivity contribution is 14.0. The summed E-state index contributed by atoms with van der Waals surface area (Å²) in [7, 11) is 0. The number of aliphatic hydroxyl groups is 1. The van der Waals surface area contributed by atoms with E-state index in [4.69, 9.17) is 0 Å². The van der Waals surface area contributed by atoms with Gasteiger partial charge in [0.1, 0.15) is 0 Å². The molecule has 0 aromatic carbocycles. The minimum Gasteiger partial charge on any atom is -0.388 e. The maximum atomic E-state index is 10.6. The molecule has 0 unspecified atom stereocenters. The van der Waals surface area contributed by atoms with Crippen molar-refractivity contribution in [1.82, 2.24) is 15.5 Å². The summed E-state index contributed by atoms with van der Waals surface area (Å²) in [5.41, 5.74) is -0.589. The van der Waals surface area contributed by atoms with Crippen molar-refractivity contribution in [2.75, 3.05) is 32.7 Å². The second-order valence-corrected chi connectivity index (χ2v) is 6.99. The molecule has 1 saturated carbocycles. The molecule has 0 atom stereocenters. The second-order valence-electron chi connectivity index (χ2n) is 6.99. The quantitative estimate of drug-likeness (QED) is 0.252. The summed E-state index contributed by atoms with van der Waals surface area (Å²) >= 11 is 0. The standard InChI is InChI=1S/C18H34N4O.HI/c1-3-12-22-13-8-16(9-14-22)21-17(19-4-2)20-15-18(23)10-6-5-7-11-18;/h3,16,23H,1,4-15H2,2H3,(H2,19,20,21);1H. The smallest absolute Gasteiger partial charge is 0.191 e. The van der Waals surface area contributed by atoms with Crippen LogP contribution in [0.3, 0.4) is 0 Å². The first-order valence-electron chi connectivity index (χ1n) is 9.26. The predicted octanol–water partition coefficient (Wildman–Crippen LogP) is 2.51. The largest absolute Gasteiger partial charge is 0.388 e. The monoisotopic (exact) mass is 450 g/mol. The van der Waals surface area contributed by atoms with Gasteiger partial charge in [0.25, 0.3) is 0 Å². The fourth-order valence-corrected chi connectivity index (χ4v) is 3.55. The Hall–Kier alpha value is -0.340. The number of hydrogen-bond acceptors (Lipinski definition) is 3. The molecule has 24 heavy (non-hydrogen) atoms. The lowest BCUT2D eigenvalue weighted by Gasteiger charge is -2.33. The highest BCUT2D eigenvalue weighted by atomic mass is 127. The van der Waals surface area contributed by atoms with Crippen molar-refractivity contribution >= 4 is 29.9 Å². The molecule has 0 spiro atoms. The Labute approximate surface area is 164 Å². The maximum Gasteiger partial charge on any atom is 0.191 e. The van der Waals surface area contributed by atoms with E-state index in [0.717, 1.165) is 70.7 Å². The Morgan fingerprint density at radius 3 is 2.54 bits per heavy atom. The topological polar surface area (TPSA) is 59.9 Å². The van der Waals surface area contributed by atoms with Crippen molar-refractivity contribution in [1.29, 1.82) is 0 Å². The third-order valence-electron chi connectivity index (χ3n) is 4.98.